The number of likely N-dealkylation sites (tertiary alicyclic amines) is 1. The number of rotatable bonds is 0. The molecular formula is C16H27N3O6. The summed E-state index contributed by atoms with van der Waals surface area (Å²) < 4.78 is 10.8. The Morgan fingerprint density at radius 2 is 1.20 bits per heavy atom. The highest BCUT2D eigenvalue weighted by Crippen LogP contribution is 2.33. The number of fused-ring (bicyclic) bond motifs is 2. The van der Waals surface area contributed by atoms with Crippen molar-refractivity contribution in [3.05, 3.63) is 0 Å². The second kappa shape index (κ2) is 6.27. The van der Waals surface area contributed by atoms with Crippen molar-refractivity contribution < 1.29 is 29.0 Å². The molecule has 142 valence electrons. The number of carboxylic acid groups (broad SMARTS) is 1. The van der Waals surface area contributed by atoms with Crippen molar-refractivity contribution in [3.63, 3.8) is 0 Å². The van der Waals surface area contributed by atoms with Gasteiger partial charge in [0.05, 0.1) is 12.1 Å². The molecule has 0 spiro atoms. The Bertz CT molecular complexity index is 523. The highest BCUT2D eigenvalue weighted by molar-refractivity contribution is 5.77. The first kappa shape index (κ1) is 19.1. The fourth-order valence-electron chi connectivity index (χ4n) is 3.00. The van der Waals surface area contributed by atoms with E-state index in [2.05, 4.69) is 0 Å². The van der Waals surface area contributed by atoms with Gasteiger partial charge in [0.1, 0.15) is 11.2 Å². The Balaban J connectivity index is 2.30. The fraction of sp³-hybridized carbons (Fsp3) is 0.812. The summed E-state index contributed by atoms with van der Waals surface area (Å²) in [6, 6.07) is -0.922. The van der Waals surface area contributed by atoms with E-state index >= 15 is 0 Å². The van der Waals surface area contributed by atoms with Crippen LogP contribution in [0.4, 0.5) is 14.4 Å². The lowest BCUT2D eigenvalue weighted by Gasteiger charge is -2.34. The Hall–Kier alpha value is -2.19. The monoisotopic (exact) mass is 357 g/mol. The van der Waals surface area contributed by atoms with Gasteiger partial charge in [-0.25, -0.2) is 24.4 Å². The normalized spacial score (nSPS) is 23.5. The molecule has 0 aromatic heterocycles. The number of nitrogens with zero attached hydrogens (tertiary/aromatic N) is 3. The van der Waals surface area contributed by atoms with E-state index in [-0.39, 0.29) is 13.1 Å². The lowest BCUT2D eigenvalue weighted by atomic mass is 10.0. The third kappa shape index (κ3) is 4.46. The van der Waals surface area contributed by atoms with Crippen molar-refractivity contribution in [2.75, 3.05) is 13.1 Å². The quantitative estimate of drug-likeness (QED) is 0.715. The maximum atomic E-state index is 12.6. The number of piperidine rings is 1. The summed E-state index contributed by atoms with van der Waals surface area (Å²) in [6.45, 7) is 10.6. The molecule has 2 aliphatic heterocycles. The number of ether oxygens (including phenoxy) is 2. The van der Waals surface area contributed by atoms with Crippen LogP contribution >= 0.6 is 0 Å². The van der Waals surface area contributed by atoms with Gasteiger partial charge in [0.2, 0.25) is 0 Å². The van der Waals surface area contributed by atoms with E-state index < -0.39 is 41.6 Å². The van der Waals surface area contributed by atoms with Crippen LogP contribution in [-0.4, -0.2) is 74.7 Å². The van der Waals surface area contributed by atoms with Crippen LogP contribution in [-0.2, 0) is 9.47 Å². The topological polar surface area (TPSA) is 99.6 Å². The Kier molecular flexibility index (Phi) is 4.80. The highest BCUT2D eigenvalue weighted by atomic mass is 16.6. The standard InChI is InChI=1S/C16H27N3O6/c1-15(2,3)24-13(22)18-10-7-11(9-17(8-10)12(20)21)19(18)14(23)25-16(4,5)6/h10-11H,7-9H2,1-6H3,(H,20,21). The lowest BCUT2D eigenvalue weighted by molar-refractivity contribution is -0.0583. The zero-order valence-electron chi connectivity index (χ0n) is 15.6. The van der Waals surface area contributed by atoms with Crippen molar-refractivity contribution in [3.8, 4) is 0 Å². The van der Waals surface area contributed by atoms with Crippen LogP contribution in [0.3, 0.4) is 0 Å². The van der Waals surface area contributed by atoms with E-state index in [0.717, 1.165) is 0 Å². The summed E-state index contributed by atoms with van der Waals surface area (Å²) >= 11 is 0. The van der Waals surface area contributed by atoms with E-state index in [0.29, 0.717) is 6.42 Å². The molecule has 2 aliphatic rings. The highest BCUT2D eigenvalue weighted by Gasteiger charge is 2.52. The number of carbonyl (C=O) groups is 3. The number of hydrogen-bond acceptors (Lipinski definition) is 5. The number of amides is 3. The molecule has 0 radical (unpaired) electrons. The van der Waals surface area contributed by atoms with Gasteiger partial charge >= 0.3 is 18.3 Å². The van der Waals surface area contributed by atoms with Crippen molar-refractivity contribution in [1.29, 1.82) is 0 Å². The molecule has 3 amide bonds. The molecule has 2 heterocycles. The van der Waals surface area contributed by atoms with Gasteiger partial charge in [-0.05, 0) is 48.0 Å². The van der Waals surface area contributed by atoms with Gasteiger partial charge in [0, 0.05) is 13.1 Å². The van der Waals surface area contributed by atoms with Gasteiger partial charge in [0.15, 0.2) is 0 Å². The summed E-state index contributed by atoms with van der Waals surface area (Å²) in [7, 11) is 0. The van der Waals surface area contributed by atoms with Gasteiger partial charge < -0.3 is 19.5 Å². The second-order valence-electron chi connectivity index (χ2n) is 8.38. The Morgan fingerprint density at radius 3 is 1.48 bits per heavy atom. The van der Waals surface area contributed by atoms with Crippen molar-refractivity contribution in [2.24, 2.45) is 0 Å². The molecular weight excluding hydrogens is 330 g/mol. The molecule has 25 heavy (non-hydrogen) atoms. The van der Waals surface area contributed by atoms with E-state index in [4.69, 9.17) is 9.47 Å². The zero-order valence-corrected chi connectivity index (χ0v) is 15.6. The summed E-state index contributed by atoms with van der Waals surface area (Å²) in [4.78, 5) is 37.8. The fourth-order valence-corrected chi connectivity index (χ4v) is 3.00. The van der Waals surface area contributed by atoms with E-state index in [1.165, 1.54) is 14.9 Å². The molecule has 0 aromatic rings. The summed E-state index contributed by atoms with van der Waals surface area (Å²) in [6.07, 6.45) is -1.96. The molecule has 0 saturated carbocycles. The van der Waals surface area contributed by atoms with Crippen LogP contribution in [0.2, 0.25) is 0 Å². The van der Waals surface area contributed by atoms with Gasteiger partial charge in [-0.3, -0.25) is 0 Å². The van der Waals surface area contributed by atoms with E-state index in [1.807, 2.05) is 0 Å². The molecule has 2 saturated heterocycles. The zero-order chi connectivity index (χ0) is 19.2. The van der Waals surface area contributed by atoms with E-state index in [1.54, 1.807) is 41.5 Å². The average Bonchev–Trinajstić information content (AvgIpc) is 2.65. The molecule has 0 aliphatic carbocycles. The molecule has 1 N–H and O–H groups in total. The predicted octanol–water partition coefficient (Wildman–Crippen LogP) is 2.51. The third-order valence-corrected chi connectivity index (χ3v) is 3.76. The molecule has 0 aromatic carbocycles. The van der Waals surface area contributed by atoms with Gasteiger partial charge in [-0.2, -0.15) is 0 Å². The van der Waals surface area contributed by atoms with Crippen LogP contribution in [0.25, 0.3) is 0 Å². The first-order valence-electron chi connectivity index (χ1n) is 8.31. The third-order valence-electron chi connectivity index (χ3n) is 3.76. The molecule has 2 atom stereocenters. The summed E-state index contributed by atoms with van der Waals surface area (Å²) in [5, 5.41) is 11.7. The first-order valence-corrected chi connectivity index (χ1v) is 8.31. The maximum Gasteiger partial charge on any atom is 0.429 e. The summed E-state index contributed by atoms with van der Waals surface area (Å²) in [5.74, 6) is 0. The minimum absolute atomic E-state index is 0.129. The van der Waals surface area contributed by atoms with Crippen LogP contribution < -0.4 is 0 Å². The maximum absolute atomic E-state index is 12.6. The molecule has 2 bridgehead atoms. The van der Waals surface area contributed by atoms with Crippen LogP contribution in [0.5, 0.6) is 0 Å². The van der Waals surface area contributed by atoms with Gasteiger partial charge in [-0.15, -0.1) is 0 Å². The number of hydrazine groups is 1. The molecule has 9 nitrogen and oxygen atoms in total. The molecule has 2 fully saturated rings. The molecule has 9 heteroatoms. The first-order chi connectivity index (χ1) is 11.3. The SMILES string of the molecule is CC(C)(C)OC(=O)N1C2CC(CN(C(=O)O)C2)N1C(=O)OC(C)(C)C. The Labute approximate surface area is 147 Å². The Morgan fingerprint density at radius 1 is 0.840 bits per heavy atom. The smallest absolute Gasteiger partial charge is 0.429 e. The van der Waals surface area contributed by atoms with Crippen LogP contribution in [0.1, 0.15) is 48.0 Å². The molecule has 2 rings (SSSR count). The van der Waals surface area contributed by atoms with Gasteiger partial charge in [-0.1, -0.05) is 0 Å². The largest absolute Gasteiger partial charge is 0.465 e. The molecule has 2 unspecified atom stereocenters. The number of hydrogen-bond donors (Lipinski definition) is 1. The number of carbonyl (C=O) groups excluding carboxylic acids is 2. The lowest BCUT2D eigenvalue weighted by Crippen LogP contribution is -2.53. The minimum Gasteiger partial charge on any atom is -0.465 e. The minimum atomic E-state index is -1.08. The second-order valence-corrected chi connectivity index (χ2v) is 8.38. The van der Waals surface area contributed by atoms with Crippen LogP contribution in [0.15, 0.2) is 0 Å². The van der Waals surface area contributed by atoms with Crippen molar-refractivity contribution in [2.45, 2.75) is 71.2 Å². The summed E-state index contributed by atoms with van der Waals surface area (Å²) in [5.41, 5.74) is -1.47. The predicted molar refractivity (Wildman–Crippen MR) is 87.9 cm³/mol. The van der Waals surface area contributed by atoms with Gasteiger partial charge in [0.25, 0.3) is 0 Å². The van der Waals surface area contributed by atoms with Crippen molar-refractivity contribution in [1.82, 2.24) is 14.9 Å². The van der Waals surface area contributed by atoms with Crippen LogP contribution in [0, 0.1) is 0 Å². The van der Waals surface area contributed by atoms with E-state index in [9.17, 15) is 19.5 Å². The average molecular weight is 357 g/mol. The van der Waals surface area contributed by atoms with Crippen molar-refractivity contribution >= 4 is 18.3 Å².